The Morgan fingerprint density at radius 2 is 1.94 bits per heavy atom. The van der Waals surface area contributed by atoms with Crippen molar-refractivity contribution in [2.45, 2.75) is 24.5 Å². The fourth-order valence-electron chi connectivity index (χ4n) is 3.82. The lowest BCUT2D eigenvalue weighted by molar-refractivity contribution is -0.119. The van der Waals surface area contributed by atoms with Gasteiger partial charge in [0.05, 0.1) is 30.2 Å². The number of carbonyl (C=O) groups is 1. The Hall–Kier alpha value is -3.52. The molecule has 7 nitrogen and oxygen atoms in total. The van der Waals surface area contributed by atoms with Gasteiger partial charge in [-0.1, -0.05) is 48.2 Å². The first kappa shape index (κ1) is 20.4. The highest BCUT2D eigenvalue weighted by atomic mass is 32.2. The summed E-state index contributed by atoms with van der Waals surface area (Å²) in [5.74, 6) is 2.46. The van der Waals surface area contributed by atoms with Gasteiger partial charge in [0.15, 0.2) is 11.0 Å². The van der Waals surface area contributed by atoms with Crippen molar-refractivity contribution < 1.29 is 13.9 Å². The predicted octanol–water partition coefficient (Wildman–Crippen LogP) is 4.57. The molecule has 0 saturated carbocycles. The maximum absolute atomic E-state index is 12.8. The number of fused-ring (bicyclic) bond motifs is 1. The molecule has 1 N–H and O–H groups in total. The molecule has 2 aromatic heterocycles. The van der Waals surface area contributed by atoms with Gasteiger partial charge in [-0.15, -0.1) is 10.2 Å². The van der Waals surface area contributed by atoms with Gasteiger partial charge >= 0.3 is 0 Å². The SMILES string of the molecule is Cc1occc1-c1nnc(SCC(=O)N[C@H]2CCOc3ccccc32)n1-c1ccccc1. The second kappa shape index (κ2) is 8.92. The fraction of sp³-hybridized carbons (Fsp3) is 0.208. The normalized spacial score (nSPS) is 15.1. The van der Waals surface area contributed by atoms with Crippen LogP contribution in [-0.4, -0.2) is 33.0 Å². The van der Waals surface area contributed by atoms with Gasteiger partial charge < -0.3 is 14.5 Å². The van der Waals surface area contributed by atoms with Gasteiger partial charge in [0.1, 0.15) is 11.5 Å². The molecule has 32 heavy (non-hydrogen) atoms. The van der Waals surface area contributed by atoms with E-state index >= 15 is 0 Å². The van der Waals surface area contributed by atoms with Crippen LogP contribution in [-0.2, 0) is 4.79 Å². The van der Waals surface area contributed by atoms with Crippen molar-refractivity contribution in [3.8, 4) is 22.8 Å². The van der Waals surface area contributed by atoms with Gasteiger partial charge in [-0.2, -0.15) is 0 Å². The van der Waals surface area contributed by atoms with Gasteiger partial charge in [-0.3, -0.25) is 9.36 Å². The summed E-state index contributed by atoms with van der Waals surface area (Å²) in [6.07, 6.45) is 2.39. The molecular formula is C24H22N4O3S. The number of benzene rings is 2. The topological polar surface area (TPSA) is 82.2 Å². The monoisotopic (exact) mass is 446 g/mol. The number of carbonyl (C=O) groups excluding carboxylic acids is 1. The maximum atomic E-state index is 12.8. The Balaban J connectivity index is 1.36. The smallest absolute Gasteiger partial charge is 0.230 e. The van der Waals surface area contributed by atoms with Gasteiger partial charge in [0.25, 0.3) is 0 Å². The van der Waals surface area contributed by atoms with Crippen molar-refractivity contribution in [1.29, 1.82) is 0 Å². The van der Waals surface area contributed by atoms with Crippen LogP contribution in [0.5, 0.6) is 5.75 Å². The highest BCUT2D eigenvalue weighted by Crippen LogP contribution is 2.32. The van der Waals surface area contributed by atoms with Crippen LogP contribution in [0.25, 0.3) is 17.1 Å². The molecule has 0 saturated heterocycles. The number of rotatable bonds is 6. The molecule has 0 unspecified atom stereocenters. The standard InChI is InChI=1S/C24H22N4O3S/c1-16-18(11-13-30-16)23-26-27-24(28(23)17-7-3-2-4-8-17)32-15-22(29)25-20-12-14-31-21-10-6-5-9-19(20)21/h2-11,13,20H,12,14-15H2,1H3,(H,25,29)/t20-/m0/s1. The summed E-state index contributed by atoms with van der Waals surface area (Å²) in [6, 6.07) is 19.5. The van der Waals surface area contributed by atoms with Crippen molar-refractivity contribution >= 4 is 17.7 Å². The fourth-order valence-corrected chi connectivity index (χ4v) is 4.59. The zero-order chi connectivity index (χ0) is 21.9. The molecule has 0 bridgehead atoms. The van der Waals surface area contributed by atoms with Gasteiger partial charge in [-0.05, 0) is 31.2 Å². The molecule has 0 spiro atoms. The summed E-state index contributed by atoms with van der Waals surface area (Å²) in [5.41, 5.74) is 2.81. The van der Waals surface area contributed by atoms with E-state index in [0.717, 1.165) is 34.7 Å². The first-order valence-corrected chi connectivity index (χ1v) is 11.4. The minimum Gasteiger partial charge on any atom is -0.493 e. The Labute approximate surface area is 189 Å². The number of thioether (sulfide) groups is 1. The molecule has 4 aromatic rings. The van der Waals surface area contributed by atoms with E-state index in [9.17, 15) is 4.79 Å². The lowest BCUT2D eigenvalue weighted by Crippen LogP contribution is -2.33. The van der Waals surface area contributed by atoms with E-state index in [4.69, 9.17) is 9.15 Å². The number of hydrogen-bond donors (Lipinski definition) is 1. The lowest BCUT2D eigenvalue weighted by atomic mass is 10.0. The number of amides is 1. The number of nitrogens with zero attached hydrogens (tertiary/aromatic N) is 3. The van der Waals surface area contributed by atoms with E-state index in [2.05, 4.69) is 15.5 Å². The summed E-state index contributed by atoms with van der Waals surface area (Å²) < 4.78 is 13.1. The van der Waals surface area contributed by atoms with E-state index in [0.29, 0.717) is 17.6 Å². The summed E-state index contributed by atoms with van der Waals surface area (Å²) >= 11 is 1.36. The largest absolute Gasteiger partial charge is 0.493 e. The molecule has 162 valence electrons. The van der Waals surface area contributed by atoms with Crippen molar-refractivity contribution in [1.82, 2.24) is 20.1 Å². The van der Waals surface area contributed by atoms with E-state index in [1.54, 1.807) is 6.26 Å². The number of para-hydroxylation sites is 2. The van der Waals surface area contributed by atoms with Crippen LogP contribution >= 0.6 is 11.8 Å². The van der Waals surface area contributed by atoms with Gasteiger partial charge in [-0.25, -0.2) is 0 Å². The number of nitrogens with one attached hydrogen (secondary N) is 1. The third kappa shape index (κ3) is 4.01. The Morgan fingerprint density at radius 1 is 1.12 bits per heavy atom. The molecule has 5 rings (SSSR count). The van der Waals surface area contributed by atoms with E-state index in [-0.39, 0.29) is 17.7 Å². The second-order valence-corrected chi connectivity index (χ2v) is 8.39. The van der Waals surface area contributed by atoms with Crippen LogP contribution in [0.4, 0.5) is 0 Å². The number of aryl methyl sites for hydroxylation is 1. The predicted molar refractivity (Wildman–Crippen MR) is 122 cm³/mol. The van der Waals surface area contributed by atoms with Crippen molar-refractivity contribution in [3.63, 3.8) is 0 Å². The third-order valence-electron chi connectivity index (χ3n) is 5.37. The van der Waals surface area contributed by atoms with Crippen LogP contribution in [0.15, 0.2) is 76.5 Å². The minimum atomic E-state index is -0.0552. The van der Waals surface area contributed by atoms with Crippen LogP contribution in [0.3, 0.4) is 0 Å². The molecule has 3 heterocycles. The van der Waals surface area contributed by atoms with Crippen molar-refractivity contribution in [2.24, 2.45) is 0 Å². The zero-order valence-electron chi connectivity index (χ0n) is 17.5. The molecule has 1 aliphatic rings. The molecule has 1 aliphatic heterocycles. The highest BCUT2D eigenvalue weighted by molar-refractivity contribution is 7.99. The number of aromatic nitrogens is 3. The molecule has 8 heteroatoms. The van der Waals surface area contributed by atoms with Crippen LogP contribution in [0.1, 0.15) is 23.8 Å². The van der Waals surface area contributed by atoms with Crippen molar-refractivity contribution in [3.05, 3.63) is 78.3 Å². The third-order valence-corrected chi connectivity index (χ3v) is 6.30. The Kier molecular flexibility index (Phi) is 5.68. The summed E-state index contributed by atoms with van der Waals surface area (Å²) in [4.78, 5) is 12.8. The summed E-state index contributed by atoms with van der Waals surface area (Å²) in [5, 5.41) is 12.6. The molecule has 1 atom stereocenters. The van der Waals surface area contributed by atoms with Crippen LogP contribution < -0.4 is 10.1 Å². The average molecular weight is 447 g/mol. The summed E-state index contributed by atoms with van der Waals surface area (Å²) in [7, 11) is 0. The van der Waals surface area contributed by atoms with Crippen LogP contribution in [0, 0.1) is 6.92 Å². The second-order valence-electron chi connectivity index (χ2n) is 7.45. The minimum absolute atomic E-state index is 0.0517. The first-order chi connectivity index (χ1) is 15.7. The highest BCUT2D eigenvalue weighted by Gasteiger charge is 2.24. The number of furan rings is 1. The van der Waals surface area contributed by atoms with Gasteiger partial charge in [0.2, 0.25) is 5.91 Å². The molecule has 0 fully saturated rings. The first-order valence-electron chi connectivity index (χ1n) is 10.4. The molecule has 0 radical (unpaired) electrons. The van der Waals surface area contributed by atoms with Crippen molar-refractivity contribution in [2.75, 3.05) is 12.4 Å². The van der Waals surface area contributed by atoms with E-state index in [1.807, 2.05) is 72.2 Å². The van der Waals surface area contributed by atoms with Crippen LogP contribution in [0.2, 0.25) is 0 Å². The molecular weight excluding hydrogens is 424 g/mol. The number of hydrogen-bond acceptors (Lipinski definition) is 6. The Bertz CT molecular complexity index is 1240. The Morgan fingerprint density at radius 3 is 2.75 bits per heavy atom. The zero-order valence-corrected chi connectivity index (χ0v) is 18.3. The van der Waals surface area contributed by atoms with E-state index in [1.165, 1.54) is 11.8 Å². The maximum Gasteiger partial charge on any atom is 0.230 e. The lowest BCUT2D eigenvalue weighted by Gasteiger charge is -2.26. The van der Waals surface area contributed by atoms with Gasteiger partial charge in [0, 0.05) is 17.7 Å². The summed E-state index contributed by atoms with van der Waals surface area (Å²) in [6.45, 7) is 2.48. The molecule has 1 amide bonds. The molecule has 0 aliphatic carbocycles. The quantitative estimate of drug-likeness (QED) is 0.437. The average Bonchev–Trinajstić information content (AvgIpc) is 3.44. The number of ether oxygens (including phenoxy) is 1. The van der Waals surface area contributed by atoms with E-state index < -0.39 is 0 Å². The molecule has 2 aromatic carbocycles.